The predicted molar refractivity (Wildman–Crippen MR) is 121 cm³/mol. The minimum atomic E-state index is -2.99. The second-order valence-corrected chi connectivity index (χ2v) is 9.21. The Kier molecular flexibility index (Phi) is 9.27. The second kappa shape index (κ2) is 11.1. The van der Waals surface area contributed by atoms with Crippen molar-refractivity contribution in [3.63, 3.8) is 0 Å². The topological polar surface area (TPSA) is 126 Å². The van der Waals surface area contributed by atoms with Gasteiger partial charge in [0.25, 0.3) is 5.91 Å². The van der Waals surface area contributed by atoms with E-state index in [1.165, 1.54) is 12.1 Å². The minimum Gasteiger partial charge on any atom is -0.557 e. The van der Waals surface area contributed by atoms with Crippen LogP contribution >= 0.6 is 32.4 Å². The Hall–Kier alpha value is -1.26. The van der Waals surface area contributed by atoms with E-state index in [9.17, 15) is 19.4 Å². The number of amides is 2. The number of benzene rings is 1. The van der Waals surface area contributed by atoms with Gasteiger partial charge in [0, 0.05) is 11.1 Å². The summed E-state index contributed by atoms with van der Waals surface area (Å²) < 4.78 is 10.9. The maximum Gasteiger partial charge on any atom is 0.414 e. The van der Waals surface area contributed by atoms with Crippen LogP contribution in [-0.4, -0.2) is 53.7 Å². The molecule has 0 radical (unpaired) electrons. The van der Waals surface area contributed by atoms with Gasteiger partial charge >= 0.3 is 6.75 Å². The van der Waals surface area contributed by atoms with E-state index < -0.39 is 36.7 Å². The first-order valence-electron chi connectivity index (χ1n) is 9.72. The molecular weight excluding hydrogens is 467 g/mol. The molecule has 13 heteroatoms. The Balaban J connectivity index is 2.03. The maximum atomic E-state index is 12.5. The lowest BCUT2D eigenvalue weighted by Crippen LogP contribution is -2.70. The molecule has 172 valence electrons. The molecule has 0 aliphatic carbocycles. The van der Waals surface area contributed by atoms with E-state index >= 15 is 0 Å². The van der Waals surface area contributed by atoms with Gasteiger partial charge in [-0.25, -0.2) is 5.48 Å². The Morgan fingerprint density at radius 1 is 1.32 bits per heavy atom. The first kappa shape index (κ1) is 26.0. The summed E-state index contributed by atoms with van der Waals surface area (Å²) in [4.78, 5) is 36.4. The molecule has 0 aromatic heterocycles. The number of carbonyl (C=O) groups excluding carboxylic acids is 3. The number of rotatable bonds is 8. The fraction of sp³-hybridized carbons (Fsp3) is 0.500. The van der Waals surface area contributed by atoms with Crippen LogP contribution in [-0.2, 0) is 19.0 Å². The SMILES string of the molecule is CC(C)C[C@H](NC(=O)CNC(=O)c1cc(Cl)ccc1Cl)[B-]1(O)ON[C@H](C(=O)P)[C@@H](C)O1. The van der Waals surface area contributed by atoms with E-state index in [1.807, 2.05) is 23.1 Å². The monoisotopic (exact) mass is 492 g/mol. The van der Waals surface area contributed by atoms with Crippen molar-refractivity contribution in [3.05, 3.63) is 33.8 Å². The first-order chi connectivity index (χ1) is 14.4. The molecule has 31 heavy (non-hydrogen) atoms. The summed E-state index contributed by atoms with van der Waals surface area (Å²) in [6, 6.07) is 3.64. The number of nitrogens with one attached hydrogen (secondary N) is 3. The zero-order valence-corrected chi connectivity index (χ0v) is 20.0. The lowest BCUT2D eigenvalue weighted by molar-refractivity contribution is -0.129. The summed E-state index contributed by atoms with van der Waals surface area (Å²) in [5, 5.41) is 16.5. The van der Waals surface area contributed by atoms with Gasteiger partial charge in [0.1, 0.15) is 6.04 Å². The average molecular weight is 493 g/mol. The van der Waals surface area contributed by atoms with Gasteiger partial charge in [-0.3, -0.25) is 14.4 Å². The Morgan fingerprint density at radius 2 is 2.00 bits per heavy atom. The molecule has 2 unspecified atom stereocenters. The van der Waals surface area contributed by atoms with E-state index in [2.05, 4.69) is 16.1 Å². The third-order valence-electron chi connectivity index (χ3n) is 4.71. The van der Waals surface area contributed by atoms with Crippen molar-refractivity contribution in [2.75, 3.05) is 6.54 Å². The van der Waals surface area contributed by atoms with Crippen molar-refractivity contribution in [1.29, 1.82) is 0 Å². The maximum absolute atomic E-state index is 12.5. The molecule has 1 heterocycles. The molecule has 1 saturated heterocycles. The van der Waals surface area contributed by atoms with Gasteiger partial charge < -0.3 is 25.1 Å². The average Bonchev–Trinajstić information content (AvgIpc) is 2.66. The number of hydrogen-bond donors (Lipinski definition) is 4. The third-order valence-corrected chi connectivity index (χ3v) is 5.64. The van der Waals surface area contributed by atoms with Crippen LogP contribution in [0.4, 0.5) is 0 Å². The molecule has 0 spiro atoms. The van der Waals surface area contributed by atoms with E-state index in [4.69, 9.17) is 32.6 Å². The van der Waals surface area contributed by atoms with Gasteiger partial charge in [0.15, 0.2) is 5.52 Å². The summed E-state index contributed by atoms with van der Waals surface area (Å²) in [6.45, 7) is 2.04. The zero-order chi connectivity index (χ0) is 23.3. The highest BCUT2D eigenvalue weighted by atomic mass is 35.5. The van der Waals surface area contributed by atoms with Gasteiger partial charge in [0.2, 0.25) is 5.91 Å². The van der Waals surface area contributed by atoms with Crippen LogP contribution in [0, 0.1) is 5.92 Å². The van der Waals surface area contributed by atoms with Crippen molar-refractivity contribution < 1.29 is 28.8 Å². The van der Waals surface area contributed by atoms with E-state index in [0.717, 1.165) is 0 Å². The van der Waals surface area contributed by atoms with Gasteiger partial charge in [-0.15, -0.1) is 0 Å². The van der Waals surface area contributed by atoms with Gasteiger partial charge in [-0.05, 0) is 37.0 Å². The molecule has 4 N–H and O–H groups in total. The fourth-order valence-corrected chi connectivity index (χ4v) is 3.89. The molecule has 1 aliphatic rings. The summed E-state index contributed by atoms with van der Waals surface area (Å²) in [6.07, 6.45) is -0.371. The Morgan fingerprint density at radius 3 is 2.58 bits per heavy atom. The van der Waals surface area contributed by atoms with Crippen LogP contribution in [0.1, 0.15) is 37.6 Å². The molecule has 2 amide bonds. The van der Waals surface area contributed by atoms with Crippen LogP contribution in [0.3, 0.4) is 0 Å². The van der Waals surface area contributed by atoms with Gasteiger partial charge in [-0.2, -0.15) is 0 Å². The van der Waals surface area contributed by atoms with Crippen LogP contribution in [0.15, 0.2) is 18.2 Å². The molecule has 9 nitrogen and oxygen atoms in total. The molecule has 1 aliphatic heterocycles. The molecule has 0 saturated carbocycles. The predicted octanol–water partition coefficient (Wildman–Crippen LogP) is 1.43. The first-order valence-corrected chi connectivity index (χ1v) is 11.1. The normalized spacial score (nSPS) is 24.5. The van der Waals surface area contributed by atoms with Gasteiger partial charge in [-0.1, -0.05) is 52.7 Å². The molecule has 2 rings (SSSR count). The van der Waals surface area contributed by atoms with Crippen molar-refractivity contribution >= 4 is 56.5 Å². The van der Waals surface area contributed by atoms with Crippen LogP contribution in [0.5, 0.6) is 0 Å². The van der Waals surface area contributed by atoms with Crippen LogP contribution in [0.2, 0.25) is 10.0 Å². The fourth-order valence-electron chi connectivity index (χ4n) is 3.18. The highest BCUT2D eigenvalue weighted by molar-refractivity contribution is 7.40. The molecule has 1 fully saturated rings. The summed E-state index contributed by atoms with van der Waals surface area (Å²) >= 11 is 11.9. The quantitative estimate of drug-likeness (QED) is 0.319. The zero-order valence-electron chi connectivity index (χ0n) is 17.4. The lowest BCUT2D eigenvalue weighted by atomic mass is 9.65. The van der Waals surface area contributed by atoms with Crippen molar-refractivity contribution in [3.8, 4) is 0 Å². The molecule has 5 atom stereocenters. The third kappa shape index (κ3) is 7.12. The smallest absolute Gasteiger partial charge is 0.414 e. The second-order valence-electron chi connectivity index (χ2n) is 7.80. The number of carbonyl (C=O) groups is 3. The highest BCUT2D eigenvalue weighted by Gasteiger charge is 2.44. The highest BCUT2D eigenvalue weighted by Crippen LogP contribution is 2.24. The molecule has 1 aromatic carbocycles. The van der Waals surface area contributed by atoms with Crippen LogP contribution in [0.25, 0.3) is 0 Å². The largest absolute Gasteiger partial charge is 0.557 e. The number of hydroxylamine groups is 1. The minimum absolute atomic E-state index is 0.0691. The lowest BCUT2D eigenvalue weighted by Gasteiger charge is -2.50. The molecule has 0 bridgehead atoms. The summed E-state index contributed by atoms with van der Waals surface area (Å²) in [5.41, 5.74) is 2.34. The molecular formula is C18H26BCl2N3O6P-. The van der Waals surface area contributed by atoms with Crippen molar-refractivity contribution in [2.24, 2.45) is 5.92 Å². The molecule has 1 aromatic rings. The van der Waals surface area contributed by atoms with E-state index in [0.29, 0.717) is 11.4 Å². The van der Waals surface area contributed by atoms with Gasteiger partial charge in [0.05, 0.1) is 17.1 Å². The standard InChI is InChI=1S/C18H26BCl2N3O6P/c1-9(2)6-14(19(28)29-10(3)16(18(27)31)24-30-19)23-15(25)8-22-17(26)12-7-11(20)4-5-13(12)21/h4-5,7,9-10,14,16,24,28H,6,8,31H2,1-3H3,(H,22,26)(H,23,25)/q-1/t10-,14+,16+,19?/m1/s1. The number of hydrogen-bond acceptors (Lipinski definition) is 7. The van der Waals surface area contributed by atoms with E-state index in [1.54, 1.807) is 13.0 Å². The summed E-state index contributed by atoms with van der Waals surface area (Å²) in [5.74, 6) is -2.00. The van der Waals surface area contributed by atoms with Crippen molar-refractivity contribution in [2.45, 2.75) is 45.3 Å². The summed E-state index contributed by atoms with van der Waals surface area (Å²) in [7, 11) is 2.02. The van der Waals surface area contributed by atoms with E-state index in [-0.39, 0.29) is 28.6 Å². The van der Waals surface area contributed by atoms with Crippen molar-refractivity contribution in [1.82, 2.24) is 16.1 Å². The van der Waals surface area contributed by atoms with Crippen LogP contribution < -0.4 is 16.1 Å². The Labute approximate surface area is 193 Å². The number of halogens is 2. The Bertz CT molecular complexity index is 849.